The molecule has 0 amide bonds. The quantitative estimate of drug-likeness (QED) is 0.403. The molecule has 4 nitrogen and oxygen atoms in total. The maximum absolute atomic E-state index is 5.44. The first-order valence-electron chi connectivity index (χ1n) is 5.99. The van der Waals surface area contributed by atoms with Gasteiger partial charge in [0.1, 0.15) is 0 Å². The number of nitrogens with one attached hydrogen (secondary N) is 1. The first kappa shape index (κ1) is 14.8. The minimum atomic E-state index is -0.0312. The van der Waals surface area contributed by atoms with Crippen molar-refractivity contribution in [2.75, 3.05) is 32.8 Å². The van der Waals surface area contributed by atoms with Gasteiger partial charge in [-0.05, 0) is 52.7 Å². The number of nitrogens with two attached hydrogens (primary N) is 1. The molecular weight excluding hydrogens is 192 g/mol. The van der Waals surface area contributed by atoms with Gasteiger partial charge in [-0.15, -0.1) is 0 Å². The molecule has 4 heteroatoms. The molecule has 0 aliphatic heterocycles. The molecule has 0 radical (unpaired) electrons. The van der Waals surface area contributed by atoms with Crippen molar-refractivity contribution in [3.05, 3.63) is 0 Å². The number of rotatable bonds is 11. The number of ether oxygens (including phenoxy) is 2. The van der Waals surface area contributed by atoms with Crippen LogP contribution in [0.5, 0.6) is 0 Å². The van der Waals surface area contributed by atoms with Gasteiger partial charge in [0, 0.05) is 13.2 Å². The second kappa shape index (κ2) is 11.9. The molecule has 0 aromatic carbocycles. The fourth-order valence-electron chi connectivity index (χ4n) is 1.33. The minimum Gasteiger partial charge on any atom is -0.353 e. The molecule has 0 heterocycles. The molecule has 0 aliphatic rings. The summed E-state index contributed by atoms with van der Waals surface area (Å²) in [4.78, 5) is 0. The summed E-state index contributed by atoms with van der Waals surface area (Å²) in [6, 6.07) is 0. The smallest absolute Gasteiger partial charge is 0.157 e. The maximum atomic E-state index is 5.44. The van der Waals surface area contributed by atoms with Crippen molar-refractivity contribution in [2.24, 2.45) is 5.73 Å². The third-order valence-corrected chi connectivity index (χ3v) is 2.06. The van der Waals surface area contributed by atoms with Gasteiger partial charge in [-0.1, -0.05) is 0 Å². The van der Waals surface area contributed by atoms with Gasteiger partial charge in [0.2, 0.25) is 0 Å². The molecule has 0 saturated heterocycles. The Labute approximate surface area is 93.5 Å². The van der Waals surface area contributed by atoms with Crippen LogP contribution in [0.25, 0.3) is 0 Å². The van der Waals surface area contributed by atoms with Crippen LogP contribution in [0.1, 0.15) is 33.1 Å². The Morgan fingerprint density at radius 1 is 1.07 bits per heavy atom. The third kappa shape index (κ3) is 10.1. The molecule has 0 spiro atoms. The van der Waals surface area contributed by atoms with Crippen LogP contribution in [0.15, 0.2) is 0 Å². The van der Waals surface area contributed by atoms with Crippen LogP contribution >= 0.6 is 0 Å². The van der Waals surface area contributed by atoms with E-state index >= 15 is 0 Å². The number of hydrogen-bond donors (Lipinski definition) is 2. The van der Waals surface area contributed by atoms with Crippen molar-refractivity contribution < 1.29 is 9.47 Å². The predicted octanol–water partition coefficient (Wildman–Crippen LogP) is 1.10. The van der Waals surface area contributed by atoms with Gasteiger partial charge in [0.25, 0.3) is 0 Å². The zero-order valence-electron chi connectivity index (χ0n) is 10.1. The Morgan fingerprint density at radius 3 is 2.20 bits per heavy atom. The average molecular weight is 218 g/mol. The first-order valence-corrected chi connectivity index (χ1v) is 5.99. The molecule has 0 aromatic rings. The molecule has 0 aliphatic carbocycles. The van der Waals surface area contributed by atoms with Crippen molar-refractivity contribution in [1.29, 1.82) is 0 Å². The zero-order valence-corrected chi connectivity index (χ0v) is 10.1. The predicted molar refractivity (Wildman–Crippen MR) is 62.8 cm³/mol. The second-order valence-electron chi connectivity index (χ2n) is 3.37. The van der Waals surface area contributed by atoms with Gasteiger partial charge in [0.15, 0.2) is 6.29 Å². The molecular formula is C11H26N2O2. The molecule has 92 valence electrons. The minimum absolute atomic E-state index is 0.0312. The van der Waals surface area contributed by atoms with E-state index in [1.54, 1.807) is 0 Å². The Balaban J connectivity index is 3.28. The van der Waals surface area contributed by atoms with Crippen LogP contribution in [0.3, 0.4) is 0 Å². The van der Waals surface area contributed by atoms with Gasteiger partial charge in [-0.2, -0.15) is 0 Å². The molecule has 3 N–H and O–H groups in total. The van der Waals surface area contributed by atoms with Gasteiger partial charge in [-0.3, -0.25) is 0 Å². The van der Waals surface area contributed by atoms with Crippen LogP contribution in [0, 0.1) is 0 Å². The fraction of sp³-hybridized carbons (Fsp3) is 1.00. The van der Waals surface area contributed by atoms with E-state index in [0.29, 0.717) is 13.2 Å². The lowest BCUT2D eigenvalue weighted by Gasteiger charge is -2.16. The van der Waals surface area contributed by atoms with Crippen molar-refractivity contribution in [1.82, 2.24) is 5.32 Å². The van der Waals surface area contributed by atoms with Crippen LogP contribution in [0.2, 0.25) is 0 Å². The molecule has 15 heavy (non-hydrogen) atoms. The van der Waals surface area contributed by atoms with Crippen LogP contribution in [0.4, 0.5) is 0 Å². The highest BCUT2D eigenvalue weighted by Gasteiger charge is 2.06. The van der Waals surface area contributed by atoms with Crippen LogP contribution < -0.4 is 11.1 Å². The number of hydrogen-bond acceptors (Lipinski definition) is 4. The summed E-state index contributed by atoms with van der Waals surface area (Å²) in [5.41, 5.74) is 5.39. The lowest BCUT2D eigenvalue weighted by Crippen LogP contribution is -2.22. The largest absolute Gasteiger partial charge is 0.353 e. The normalized spacial score (nSPS) is 11.2. The van der Waals surface area contributed by atoms with E-state index in [1.165, 1.54) is 0 Å². The molecule has 0 atom stereocenters. The molecule has 0 rings (SSSR count). The molecule has 0 saturated carbocycles. The topological polar surface area (TPSA) is 56.5 Å². The summed E-state index contributed by atoms with van der Waals surface area (Å²) in [7, 11) is 0. The van der Waals surface area contributed by atoms with E-state index in [1.807, 2.05) is 13.8 Å². The molecule has 0 unspecified atom stereocenters. The van der Waals surface area contributed by atoms with Crippen LogP contribution in [-0.4, -0.2) is 39.1 Å². The van der Waals surface area contributed by atoms with Gasteiger partial charge >= 0.3 is 0 Å². The summed E-state index contributed by atoms with van der Waals surface area (Å²) < 4.78 is 10.9. The lowest BCUT2D eigenvalue weighted by molar-refractivity contribution is -0.139. The Bertz CT molecular complexity index is 117. The highest BCUT2D eigenvalue weighted by molar-refractivity contribution is 4.52. The second-order valence-corrected chi connectivity index (χ2v) is 3.37. The van der Waals surface area contributed by atoms with Gasteiger partial charge in [-0.25, -0.2) is 0 Å². The SMILES string of the molecule is CCOC(CCCNCCCN)OCC. The Kier molecular flexibility index (Phi) is 11.8. The summed E-state index contributed by atoms with van der Waals surface area (Å²) in [6.07, 6.45) is 3.05. The van der Waals surface area contributed by atoms with E-state index < -0.39 is 0 Å². The van der Waals surface area contributed by atoms with E-state index in [2.05, 4.69) is 5.32 Å². The average Bonchev–Trinajstić information content (AvgIpc) is 2.24. The Hall–Kier alpha value is -0.160. The van der Waals surface area contributed by atoms with E-state index in [4.69, 9.17) is 15.2 Å². The van der Waals surface area contributed by atoms with Crippen molar-refractivity contribution in [2.45, 2.75) is 39.4 Å². The van der Waals surface area contributed by atoms with Gasteiger partial charge in [0.05, 0.1) is 0 Å². The van der Waals surface area contributed by atoms with Crippen molar-refractivity contribution in [3.8, 4) is 0 Å². The first-order chi connectivity index (χ1) is 7.35. The van der Waals surface area contributed by atoms with E-state index in [0.717, 1.165) is 38.9 Å². The van der Waals surface area contributed by atoms with Crippen molar-refractivity contribution >= 4 is 0 Å². The molecule has 0 fully saturated rings. The summed E-state index contributed by atoms with van der Waals surface area (Å²) in [6.45, 7) is 8.18. The standard InChI is InChI=1S/C11H26N2O2/c1-3-14-11(15-4-2)7-5-9-13-10-6-8-12/h11,13H,3-10,12H2,1-2H3. The monoisotopic (exact) mass is 218 g/mol. The van der Waals surface area contributed by atoms with Crippen LogP contribution in [-0.2, 0) is 9.47 Å². The highest BCUT2D eigenvalue weighted by Crippen LogP contribution is 2.03. The summed E-state index contributed by atoms with van der Waals surface area (Å²) in [5, 5.41) is 3.33. The van der Waals surface area contributed by atoms with Gasteiger partial charge < -0.3 is 20.5 Å². The van der Waals surface area contributed by atoms with E-state index in [-0.39, 0.29) is 6.29 Å². The maximum Gasteiger partial charge on any atom is 0.157 e. The zero-order chi connectivity index (χ0) is 11.4. The molecule has 0 bridgehead atoms. The summed E-state index contributed by atoms with van der Waals surface area (Å²) >= 11 is 0. The molecule has 0 aromatic heterocycles. The fourth-order valence-corrected chi connectivity index (χ4v) is 1.33. The van der Waals surface area contributed by atoms with Crippen molar-refractivity contribution in [3.63, 3.8) is 0 Å². The third-order valence-electron chi connectivity index (χ3n) is 2.06. The lowest BCUT2D eigenvalue weighted by atomic mass is 10.3. The Morgan fingerprint density at radius 2 is 1.67 bits per heavy atom. The highest BCUT2D eigenvalue weighted by atomic mass is 16.7. The summed E-state index contributed by atoms with van der Waals surface area (Å²) in [5.74, 6) is 0. The van der Waals surface area contributed by atoms with E-state index in [9.17, 15) is 0 Å².